The van der Waals surface area contributed by atoms with Crippen LogP contribution in [0.5, 0.6) is 17.2 Å². The van der Waals surface area contributed by atoms with Crippen LogP contribution in [-0.4, -0.2) is 59.0 Å². The Hall–Kier alpha value is -3.46. The number of aliphatic hydroxyl groups is 1. The average Bonchev–Trinajstić information content (AvgIpc) is 2.76. The molecule has 0 heterocycles. The lowest BCUT2D eigenvalue weighted by molar-refractivity contribution is -0.136. The first-order valence-corrected chi connectivity index (χ1v) is 9.14. The maximum Gasteiger partial charge on any atom is 0.313 e. The molecule has 0 unspecified atom stereocenters. The van der Waals surface area contributed by atoms with Crippen molar-refractivity contribution < 1.29 is 28.9 Å². The molecule has 0 bridgehead atoms. The highest BCUT2D eigenvalue weighted by molar-refractivity contribution is 6.39. The standard InChI is InChI=1S/C21H27N3O6/c1-24(2)14-8-6-7-13(9-14)16(12-25)23-21(27)20(26)22-15-10-18(29-4)19(30-5)11-17(15)28-3/h6-11,16,25H,12H2,1-5H3,(H,22,26)(H,23,27)/t16-/m0/s1. The summed E-state index contributed by atoms with van der Waals surface area (Å²) in [4.78, 5) is 26.8. The van der Waals surface area contributed by atoms with Gasteiger partial charge < -0.3 is 34.9 Å². The van der Waals surface area contributed by atoms with E-state index < -0.39 is 17.9 Å². The van der Waals surface area contributed by atoms with Gasteiger partial charge in [0.05, 0.1) is 39.7 Å². The summed E-state index contributed by atoms with van der Waals surface area (Å²) in [5, 5.41) is 14.8. The van der Waals surface area contributed by atoms with E-state index in [1.807, 2.05) is 37.2 Å². The molecule has 2 rings (SSSR count). The molecule has 0 saturated carbocycles. The summed E-state index contributed by atoms with van der Waals surface area (Å²) in [5.74, 6) is -0.740. The van der Waals surface area contributed by atoms with Crippen molar-refractivity contribution in [1.82, 2.24) is 5.32 Å². The number of aliphatic hydroxyl groups excluding tert-OH is 1. The lowest BCUT2D eigenvalue weighted by Crippen LogP contribution is -2.39. The molecule has 2 aromatic carbocycles. The summed E-state index contributed by atoms with van der Waals surface area (Å²) in [6, 6.07) is 9.60. The van der Waals surface area contributed by atoms with E-state index >= 15 is 0 Å². The number of carbonyl (C=O) groups excluding carboxylic acids is 2. The van der Waals surface area contributed by atoms with E-state index in [1.54, 1.807) is 6.07 Å². The molecule has 0 aliphatic carbocycles. The van der Waals surface area contributed by atoms with Crippen LogP contribution >= 0.6 is 0 Å². The van der Waals surface area contributed by atoms with Gasteiger partial charge >= 0.3 is 11.8 Å². The third kappa shape index (κ3) is 5.32. The van der Waals surface area contributed by atoms with E-state index in [0.29, 0.717) is 22.8 Å². The van der Waals surface area contributed by atoms with E-state index in [4.69, 9.17) is 14.2 Å². The van der Waals surface area contributed by atoms with Gasteiger partial charge in [-0.2, -0.15) is 0 Å². The van der Waals surface area contributed by atoms with Gasteiger partial charge in [-0.25, -0.2) is 0 Å². The molecule has 30 heavy (non-hydrogen) atoms. The molecule has 0 aliphatic heterocycles. The summed E-state index contributed by atoms with van der Waals surface area (Å²) < 4.78 is 15.7. The largest absolute Gasteiger partial charge is 0.494 e. The number of hydrogen-bond donors (Lipinski definition) is 3. The normalized spacial score (nSPS) is 11.3. The van der Waals surface area contributed by atoms with E-state index in [0.717, 1.165) is 5.69 Å². The zero-order valence-corrected chi connectivity index (χ0v) is 17.7. The molecule has 0 aromatic heterocycles. The maximum absolute atomic E-state index is 12.5. The highest BCUT2D eigenvalue weighted by atomic mass is 16.5. The number of carbonyl (C=O) groups is 2. The molecule has 3 N–H and O–H groups in total. The van der Waals surface area contributed by atoms with E-state index in [1.165, 1.54) is 33.5 Å². The number of amides is 2. The van der Waals surface area contributed by atoms with Gasteiger partial charge in [-0.05, 0) is 17.7 Å². The smallest absolute Gasteiger partial charge is 0.313 e. The van der Waals surface area contributed by atoms with Gasteiger partial charge in [-0.15, -0.1) is 0 Å². The fourth-order valence-electron chi connectivity index (χ4n) is 2.78. The monoisotopic (exact) mass is 417 g/mol. The molecule has 9 nitrogen and oxygen atoms in total. The highest BCUT2D eigenvalue weighted by Gasteiger charge is 2.22. The third-order valence-electron chi connectivity index (χ3n) is 4.44. The number of nitrogens with zero attached hydrogens (tertiary/aromatic N) is 1. The van der Waals surface area contributed by atoms with Gasteiger partial charge in [0.25, 0.3) is 0 Å². The summed E-state index contributed by atoms with van der Waals surface area (Å²) in [5.41, 5.74) is 1.82. The van der Waals surface area contributed by atoms with Crippen LogP contribution in [0.25, 0.3) is 0 Å². The van der Waals surface area contributed by atoms with E-state index in [9.17, 15) is 14.7 Å². The first kappa shape index (κ1) is 22.8. The number of ether oxygens (including phenoxy) is 3. The van der Waals surface area contributed by atoms with Crippen LogP contribution in [0.2, 0.25) is 0 Å². The van der Waals surface area contributed by atoms with Crippen molar-refractivity contribution in [2.24, 2.45) is 0 Å². The molecule has 2 aromatic rings. The summed E-state index contributed by atoms with van der Waals surface area (Å²) in [7, 11) is 8.13. The Morgan fingerprint density at radius 3 is 2.17 bits per heavy atom. The molecule has 2 amide bonds. The first-order valence-electron chi connectivity index (χ1n) is 9.14. The van der Waals surface area contributed by atoms with Crippen molar-refractivity contribution in [3.63, 3.8) is 0 Å². The van der Waals surface area contributed by atoms with Crippen molar-refractivity contribution in [2.45, 2.75) is 6.04 Å². The number of methoxy groups -OCH3 is 3. The summed E-state index contributed by atoms with van der Waals surface area (Å²) in [6.45, 7) is -0.365. The number of hydrogen-bond acceptors (Lipinski definition) is 7. The van der Waals surface area contributed by atoms with E-state index in [2.05, 4.69) is 10.6 Å². The van der Waals surface area contributed by atoms with Crippen molar-refractivity contribution in [2.75, 3.05) is 52.2 Å². The second-order valence-electron chi connectivity index (χ2n) is 6.56. The van der Waals surface area contributed by atoms with Crippen LogP contribution < -0.4 is 29.7 Å². The molecule has 1 atom stereocenters. The van der Waals surface area contributed by atoms with Crippen LogP contribution in [0, 0.1) is 0 Å². The zero-order chi connectivity index (χ0) is 22.3. The van der Waals surface area contributed by atoms with Crippen molar-refractivity contribution in [1.29, 1.82) is 0 Å². The van der Waals surface area contributed by atoms with Gasteiger partial charge in [-0.3, -0.25) is 9.59 Å². The topological polar surface area (TPSA) is 109 Å². The average molecular weight is 417 g/mol. The minimum Gasteiger partial charge on any atom is -0.494 e. The Morgan fingerprint density at radius 2 is 1.60 bits per heavy atom. The molecule has 0 radical (unpaired) electrons. The molecule has 0 fully saturated rings. The number of rotatable bonds is 8. The zero-order valence-electron chi connectivity index (χ0n) is 17.7. The lowest BCUT2D eigenvalue weighted by Gasteiger charge is -2.20. The van der Waals surface area contributed by atoms with Gasteiger partial charge in [-0.1, -0.05) is 12.1 Å². The van der Waals surface area contributed by atoms with Gasteiger partial charge in [0, 0.05) is 31.9 Å². The number of benzene rings is 2. The van der Waals surface area contributed by atoms with Crippen LogP contribution in [-0.2, 0) is 9.59 Å². The molecule has 9 heteroatoms. The Balaban J connectivity index is 2.17. The minimum atomic E-state index is -0.914. The second kappa shape index (κ2) is 10.4. The Kier molecular flexibility index (Phi) is 7.88. The van der Waals surface area contributed by atoms with Gasteiger partial charge in [0.2, 0.25) is 0 Å². The molecular formula is C21H27N3O6. The van der Waals surface area contributed by atoms with Crippen molar-refractivity contribution in [3.05, 3.63) is 42.0 Å². The van der Waals surface area contributed by atoms with Gasteiger partial charge in [0.1, 0.15) is 5.75 Å². The highest BCUT2D eigenvalue weighted by Crippen LogP contribution is 2.37. The number of anilines is 2. The molecular weight excluding hydrogens is 390 g/mol. The molecule has 0 saturated heterocycles. The Labute approximate surface area is 175 Å². The number of nitrogens with one attached hydrogen (secondary N) is 2. The fourth-order valence-corrected chi connectivity index (χ4v) is 2.78. The fraction of sp³-hybridized carbons (Fsp3) is 0.333. The third-order valence-corrected chi connectivity index (χ3v) is 4.44. The van der Waals surface area contributed by atoms with Crippen molar-refractivity contribution in [3.8, 4) is 17.2 Å². The Bertz CT molecular complexity index is 900. The minimum absolute atomic E-state index is 0.241. The van der Waals surface area contributed by atoms with Crippen LogP contribution in [0.1, 0.15) is 11.6 Å². The van der Waals surface area contributed by atoms with E-state index in [-0.39, 0.29) is 12.3 Å². The Morgan fingerprint density at radius 1 is 0.967 bits per heavy atom. The van der Waals surface area contributed by atoms with Gasteiger partial charge in [0.15, 0.2) is 11.5 Å². The predicted octanol–water partition coefficient (Wildman–Crippen LogP) is 1.57. The molecule has 0 spiro atoms. The quantitative estimate of drug-likeness (QED) is 0.559. The SMILES string of the molecule is COc1cc(OC)c(OC)cc1NC(=O)C(=O)N[C@@H](CO)c1cccc(N(C)C)c1. The summed E-state index contributed by atoms with van der Waals surface area (Å²) in [6.07, 6.45) is 0. The van der Waals surface area contributed by atoms with Crippen LogP contribution in [0.4, 0.5) is 11.4 Å². The summed E-state index contributed by atoms with van der Waals surface area (Å²) >= 11 is 0. The van der Waals surface area contributed by atoms with Crippen molar-refractivity contribution >= 4 is 23.2 Å². The maximum atomic E-state index is 12.5. The molecule has 0 aliphatic rings. The predicted molar refractivity (Wildman–Crippen MR) is 113 cm³/mol. The van der Waals surface area contributed by atoms with Crippen LogP contribution in [0.15, 0.2) is 36.4 Å². The van der Waals surface area contributed by atoms with Crippen LogP contribution in [0.3, 0.4) is 0 Å². The second-order valence-corrected chi connectivity index (χ2v) is 6.56. The molecule has 162 valence electrons. The first-order chi connectivity index (χ1) is 14.3. The lowest BCUT2D eigenvalue weighted by atomic mass is 10.1.